The summed E-state index contributed by atoms with van der Waals surface area (Å²) in [6.45, 7) is 5.74. The van der Waals surface area contributed by atoms with Gasteiger partial charge in [0.25, 0.3) is 0 Å². The van der Waals surface area contributed by atoms with Crippen LogP contribution in [0.1, 0.15) is 33.6 Å². The molecule has 1 saturated heterocycles. The second-order valence-corrected chi connectivity index (χ2v) is 6.43. The van der Waals surface area contributed by atoms with Crippen LogP contribution in [-0.2, 0) is 14.4 Å². The largest absolute Gasteiger partial charge is 0.528 e. The highest BCUT2D eigenvalue weighted by Crippen LogP contribution is 2.23. The Labute approximate surface area is 135 Å². The summed E-state index contributed by atoms with van der Waals surface area (Å²) < 4.78 is 5.11. The number of anilines is 2. The molecule has 0 aliphatic carbocycles. The lowest BCUT2D eigenvalue weighted by atomic mass is 10.2. The lowest BCUT2D eigenvalue weighted by molar-refractivity contribution is -0.159. The van der Waals surface area contributed by atoms with E-state index in [1.54, 1.807) is 45.0 Å². The molecular weight excluding hydrogens is 298 g/mol. The van der Waals surface area contributed by atoms with Crippen molar-refractivity contribution in [2.24, 2.45) is 0 Å². The molecule has 2 rings (SSSR count). The third kappa shape index (κ3) is 4.85. The number of ether oxygens (including phenoxy) is 1. The summed E-state index contributed by atoms with van der Waals surface area (Å²) in [7, 11) is 0. The van der Waals surface area contributed by atoms with Crippen LogP contribution in [0, 0.1) is 0 Å². The zero-order valence-corrected chi connectivity index (χ0v) is 13.7. The molecule has 1 aliphatic heterocycles. The molecule has 7 heteroatoms. The predicted octanol–water partition coefficient (Wildman–Crippen LogP) is 2.54. The minimum atomic E-state index is -0.809. The van der Waals surface area contributed by atoms with Crippen molar-refractivity contribution in [3.05, 3.63) is 24.3 Å². The fourth-order valence-electron chi connectivity index (χ4n) is 2.30. The molecule has 0 spiro atoms. The van der Waals surface area contributed by atoms with Gasteiger partial charge in [0.05, 0.1) is 11.4 Å². The first-order valence-electron chi connectivity index (χ1n) is 7.59. The van der Waals surface area contributed by atoms with Crippen LogP contribution in [0.3, 0.4) is 0 Å². The minimum absolute atomic E-state index is 0.260. The quantitative estimate of drug-likeness (QED) is 0.656. The smallest absolute Gasteiger partial charge is 0.427 e. The van der Waals surface area contributed by atoms with Gasteiger partial charge in [-0.25, -0.2) is 4.79 Å². The molecule has 1 aromatic rings. The second-order valence-electron chi connectivity index (χ2n) is 6.43. The van der Waals surface area contributed by atoms with Gasteiger partial charge in [0.1, 0.15) is 11.6 Å². The number of rotatable bonds is 3. The van der Waals surface area contributed by atoms with Crippen LogP contribution >= 0.6 is 0 Å². The van der Waals surface area contributed by atoms with Crippen molar-refractivity contribution < 1.29 is 19.2 Å². The van der Waals surface area contributed by atoms with E-state index in [-0.39, 0.29) is 5.91 Å². The molecule has 1 atom stereocenters. The van der Waals surface area contributed by atoms with E-state index in [9.17, 15) is 9.59 Å². The fourth-order valence-corrected chi connectivity index (χ4v) is 2.30. The lowest BCUT2D eigenvalue weighted by Gasteiger charge is -2.25. The number of para-hydroxylation sites is 2. The SMILES string of the molecule is CC(C)(C)OC(=O)ON1CCCC1C(=O)Nc1ccccc1N. The number of nitrogens with two attached hydrogens (primary N) is 1. The summed E-state index contributed by atoms with van der Waals surface area (Å²) in [4.78, 5) is 29.3. The monoisotopic (exact) mass is 321 g/mol. The number of amides is 1. The van der Waals surface area contributed by atoms with Gasteiger partial charge in [0.15, 0.2) is 0 Å². The number of carbonyl (C=O) groups excluding carboxylic acids is 2. The number of nitrogens with one attached hydrogen (secondary N) is 1. The highest BCUT2D eigenvalue weighted by Gasteiger charge is 2.35. The molecule has 0 saturated carbocycles. The van der Waals surface area contributed by atoms with E-state index in [1.807, 2.05) is 0 Å². The van der Waals surface area contributed by atoms with E-state index in [0.717, 1.165) is 6.42 Å². The molecule has 1 fully saturated rings. The van der Waals surface area contributed by atoms with E-state index in [1.165, 1.54) is 5.06 Å². The highest BCUT2D eigenvalue weighted by atomic mass is 16.8. The topological polar surface area (TPSA) is 93.9 Å². The Morgan fingerprint density at radius 3 is 2.65 bits per heavy atom. The Balaban J connectivity index is 1.97. The average molecular weight is 321 g/mol. The highest BCUT2D eigenvalue weighted by molar-refractivity contribution is 5.97. The lowest BCUT2D eigenvalue weighted by Crippen LogP contribution is -2.41. The maximum Gasteiger partial charge on any atom is 0.528 e. The Kier molecular flexibility index (Phi) is 5.10. The molecular formula is C16H23N3O4. The fraction of sp³-hybridized carbons (Fsp3) is 0.500. The van der Waals surface area contributed by atoms with Crippen molar-refractivity contribution in [2.75, 3.05) is 17.6 Å². The van der Waals surface area contributed by atoms with Crippen LogP contribution in [0.2, 0.25) is 0 Å². The number of nitrogens with zero attached hydrogens (tertiary/aromatic N) is 1. The first kappa shape index (κ1) is 17.1. The molecule has 1 aromatic carbocycles. The van der Waals surface area contributed by atoms with Crippen molar-refractivity contribution in [2.45, 2.75) is 45.3 Å². The van der Waals surface area contributed by atoms with E-state index >= 15 is 0 Å². The summed E-state index contributed by atoms with van der Waals surface area (Å²) in [6.07, 6.45) is 0.545. The molecule has 0 radical (unpaired) electrons. The molecule has 3 N–H and O–H groups in total. The maximum atomic E-state index is 12.4. The summed E-state index contributed by atoms with van der Waals surface area (Å²) in [5.41, 5.74) is 6.20. The minimum Gasteiger partial charge on any atom is -0.427 e. The Morgan fingerprint density at radius 1 is 1.30 bits per heavy atom. The molecule has 126 valence electrons. The summed E-state index contributed by atoms with van der Waals surface area (Å²) in [5, 5.41) is 4.13. The number of hydroxylamine groups is 2. The number of benzene rings is 1. The van der Waals surface area contributed by atoms with Crippen molar-refractivity contribution in [1.82, 2.24) is 5.06 Å². The van der Waals surface area contributed by atoms with E-state index in [4.69, 9.17) is 15.3 Å². The van der Waals surface area contributed by atoms with Crippen LogP contribution in [0.4, 0.5) is 16.2 Å². The summed E-state index contributed by atoms with van der Waals surface area (Å²) in [6, 6.07) is 6.45. The molecule has 1 heterocycles. The van der Waals surface area contributed by atoms with Crippen LogP contribution in [-0.4, -0.2) is 35.3 Å². The van der Waals surface area contributed by atoms with Crippen molar-refractivity contribution in [3.8, 4) is 0 Å². The third-order valence-electron chi connectivity index (χ3n) is 3.31. The second kappa shape index (κ2) is 6.87. The Morgan fingerprint density at radius 2 is 2.00 bits per heavy atom. The molecule has 0 aromatic heterocycles. The van der Waals surface area contributed by atoms with Crippen LogP contribution in [0.25, 0.3) is 0 Å². The summed E-state index contributed by atoms with van der Waals surface area (Å²) in [5.74, 6) is -0.260. The number of carbonyl (C=O) groups is 2. The van der Waals surface area contributed by atoms with Gasteiger partial charge in [-0.3, -0.25) is 4.79 Å². The first-order valence-corrected chi connectivity index (χ1v) is 7.59. The van der Waals surface area contributed by atoms with Gasteiger partial charge in [0.2, 0.25) is 5.91 Å². The van der Waals surface area contributed by atoms with Crippen molar-refractivity contribution in [1.29, 1.82) is 0 Å². The third-order valence-corrected chi connectivity index (χ3v) is 3.31. The van der Waals surface area contributed by atoms with Gasteiger partial charge in [0, 0.05) is 6.54 Å². The molecule has 23 heavy (non-hydrogen) atoms. The molecule has 1 aliphatic rings. The van der Waals surface area contributed by atoms with Gasteiger partial charge in [-0.15, -0.1) is 5.06 Å². The number of hydrogen-bond acceptors (Lipinski definition) is 6. The number of hydrogen-bond donors (Lipinski definition) is 2. The normalized spacial score (nSPS) is 18.5. The van der Waals surface area contributed by atoms with Crippen molar-refractivity contribution >= 4 is 23.4 Å². The molecule has 7 nitrogen and oxygen atoms in total. The van der Waals surface area contributed by atoms with Crippen molar-refractivity contribution in [3.63, 3.8) is 0 Å². The molecule has 1 amide bonds. The zero-order valence-electron chi connectivity index (χ0n) is 13.7. The van der Waals surface area contributed by atoms with Gasteiger partial charge < -0.3 is 20.6 Å². The summed E-state index contributed by atoms with van der Waals surface area (Å²) >= 11 is 0. The van der Waals surface area contributed by atoms with E-state index < -0.39 is 17.8 Å². The maximum absolute atomic E-state index is 12.4. The van der Waals surface area contributed by atoms with Gasteiger partial charge in [-0.05, 0) is 45.7 Å². The molecule has 1 unspecified atom stereocenters. The average Bonchev–Trinajstić information content (AvgIpc) is 2.87. The Bertz CT molecular complexity index is 583. The standard InChI is InChI=1S/C16H23N3O4/c1-16(2,3)22-15(21)23-19-10-6-9-13(19)14(20)18-12-8-5-4-7-11(12)17/h4-5,7-8,13H,6,9-10,17H2,1-3H3,(H,18,20). The van der Waals surface area contributed by atoms with Crippen LogP contribution in [0.5, 0.6) is 0 Å². The van der Waals surface area contributed by atoms with Crippen LogP contribution < -0.4 is 11.1 Å². The predicted molar refractivity (Wildman–Crippen MR) is 86.5 cm³/mol. The van der Waals surface area contributed by atoms with Gasteiger partial charge in [-0.2, -0.15) is 0 Å². The zero-order chi connectivity index (χ0) is 17.0. The van der Waals surface area contributed by atoms with Gasteiger partial charge in [-0.1, -0.05) is 12.1 Å². The van der Waals surface area contributed by atoms with Gasteiger partial charge >= 0.3 is 6.16 Å². The number of nitrogen functional groups attached to an aromatic ring is 1. The van der Waals surface area contributed by atoms with E-state index in [0.29, 0.717) is 24.3 Å². The van der Waals surface area contributed by atoms with Crippen LogP contribution in [0.15, 0.2) is 24.3 Å². The Hall–Kier alpha value is -2.28. The van der Waals surface area contributed by atoms with E-state index in [2.05, 4.69) is 5.32 Å². The first-order chi connectivity index (χ1) is 10.8. The molecule has 0 bridgehead atoms.